The van der Waals surface area contributed by atoms with Crippen LogP contribution in [0.4, 0.5) is 0 Å². The molecular weight excluding hydrogens is 228 g/mol. The minimum Gasteiger partial charge on any atom is -0.508 e. The van der Waals surface area contributed by atoms with Crippen molar-refractivity contribution in [2.75, 3.05) is 6.54 Å². The number of primary amides is 1. The number of aromatic hydroxyl groups is 1. The first kappa shape index (κ1) is 14.5. The molecule has 1 rings (SSSR count). The molecule has 1 aromatic carbocycles. The van der Waals surface area contributed by atoms with Crippen molar-refractivity contribution in [1.82, 2.24) is 5.32 Å². The van der Waals surface area contributed by atoms with Crippen molar-refractivity contribution >= 4 is 5.91 Å². The van der Waals surface area contributed by atoms with Gasteiger partial charge in [0, 0.05) is 0 Å². The van der Waals surface area contributed by atoms with Crippen LogP contribution in [0.25, 0.3) is 0 Å². The number of phenols is 1. The maximum atomic E-state index is 11.5. The second-order valence-corrected chi connectivity index (χ2v) is 4.79. The second kappa shape index (κ2) is 6.40. The van der Waals surface area contributed by atoms with E-state index in [0.717, 1.165) is 24.9 Å². The zero-order valence-electron chi connectivity index (χ0n) is 11.1. The minimum atomic E-state index is -0.673. The van der Waals surface area contributed by atoms with Crippen molar-refractivity contribution in [3.05, 3.63) is 29.8 Å². The highest BCUT2D eigenvalue weighted by molar-refractivity contribution is 5.84. The Labute approximate surface area is 108 Å². The quantitative estimate of drug-likeness (QED) is 0.687. The number of phenolic OH excluding ortho intramolecular Hbond substituents is 1. The van der Waals surface area contributed by atoms with Gasteiger partial charge in [-0.05, 0) is 50.4 Å². The van der Waals surface area contributed by atoms with Crippen LogP contribution in [-0.4, -0.2) is 23.1 Å². The van der Waals surface area contributed by atoms with Gasteiger partial charge in [0.2, 0.25) is 5.91 Å². The average molecular weight is 250 g/mol. The molecule has 0 saturated carbocycles. The SMILES string of the molecule is CCCNC(C)(CCc1ccc(O)cc1)C(N)=O. The first-order valence-corrected chi connectivity index (χ1v) is 6.31. The van der Waals surface area contributed by atoms with Crippen molar-refractivity contribution < 1.29 is 9.90 Å². The summed E-state index contributed by atoms with van der Waals surface area (Å²) in [4.78, 5) is 11.5. The predicted molar refractivity (Wildman–Crippen MR) is 72.3 cm³/mol. The van der Waals surface area contributed by atoms with Crippen LogP contribution in [0.5, 0.6) is 5.75 Å². The van der Waals surface area contributed by atoms with Crippen LogP contribution in [0.2, 0.25) is 0 Å². The summed E-state index contributed by atoms with van der Waals surface area (Å²) < 4.78 is 0. The Morgan fingerprint density at radius 1 is 1.39 bits per heavy atom. The highest BCUT2D eigenvalue weighted by Crippen LogP contribution is 2.16. The minimum absolute atomic E-state index is 0.250. The molecule has 100 valence electrons. The van der Waals surface area contributed by atoms with Gasteiger partial charge in [-0.1, -0.05) is 19.1 Å². The number of hydrogen-bond acceptors (Lipinski definition) is 3. The van der Waals surface area contributed by atoms with Gasteiger partial charge >= 0.3 is 0 Å². The van der Waals surface area contributed by atoms with Crippen LogP contribution in [0, 0.1) is 0 Å². The van der Waals surface area contributed by atoms with Crippen LogP contribution in [0.15, 0.2) is 24.3 Å². The summed E-state index contributed by atoms with van der Waals surface area (Å²) in [6.07, 6.45) is 2.35. The van der Waals surface area contributed by atoms with E-state index in [2.05, 4.69) is 5.32 Å². The average Bonchev–Trinajstić information content (AvgIpc) is 2.35. The van der Waals surface area contributed by atoms with Crippen LogP contribution < -0.4 is 11.1 Å². The van der Waals surface area contributed by atoms with E-state index in [1.54, 1.807) is 12.1 Å². The standard InChI is InChI=1S/C14H22N2O2/c1-3-10-16-14(2,13(15)18)9-8-11-4-6-12(17)7-5-11/h4-7,16-17H,3,8-10H2,1-2H3,(H2,15,18). The van der Waals surface area contributed by atoms with E-state index in [9.17, 15) is 9.90 Å². The number of nitrogens with one attached hydrogen (secondary N) is 1. The zero-order valence-corrected chi connectivity index (χ0v) is 11.1. The molecule has 0 spiro atoms. The molecule has 1 unspecified atom stereocenters. The lowest BCUT2D eigenvalue weighted by molar-refractivity contribution is -0.124. The topological polar surface area (TPSA) is 75.3 Å². The first-order chi connectivity index (χ1) is 8.48. The fraction of sp³-hybridized carbons (Fsp3) is 0.500. The molecule has 0 fully saturated rings. The largest absolute Gasteiger partial charge is 0.508 e. The van der Waals surface area contributed by atoms with Gasteiger partial charge in [-0.25, -0.2) is 0 Å². The summed E-state index contributed by atoms with van der Waals surface area (Å²) in [6, 6.07) is 7.01. The number of nitrogens with two attached hydrogens (primary N) is 1. The van der Waals surface area contributed by atoms with E-state index >= 15 is 0 Å². The fourth-order valence-corrected chi connectivity index (χ4v) is 1.76. The Morgan fingerprint density at radius 3 is 2.50 bits per heavy atom. The summed E-state index contributed by atoms with van der Waals surface area (Å²) in [5.74, 6) is -0.0738. The molecule has 1 aromatic rings. The van der Waals surface area contributed by atoms with Crippen LogP contribution in [0.3, 0.4) is 0 Å². The van der Waals surface area contributed by atoms with Crippen molar-refractivity contribution in [1.29, 1.82) is 0 Å². The Balaban J connectivity index is 2.62. The molecule has 4 nitrogen and oxygen atoms in total. The van der Waals surface area contributed by atoms with Crippen LogP contribution >= 0.6 is 0 Å². The molecule has 4 heteroatoms. The van der Waals surface area contributed by atoms with Gasteiger partial charge in [-0.2, -0.15) is 0 Å². The maximum absolute atomic E-state index is 11.5. The lowest BCUT2D eigenvalue weighted by Gasteiger charge is -2.27. The van der Waals surface area contributed by atoms with E-state index in [-0.39, 0.29) is 11.7 Å². The summed E-state index contributed by atoms with van der Waals surface area (Å²) in [5, 5.41) is 12.4. The Morgan fingerprint density at radius 2 is 2.00 bits per heavy atom. The molecular formula is C14H22N2O2. The van der Waals surface area contributed by atoms with Crippen LogP contribution in [-0.2, 0) is 11.2 Å². The van der Waals surface area contributed by atoms with E-state index in [0.29, 0.717) is 6.42 Å². The third kappa shape index (κ3) is 4.04. The van der Waals surface area contributed by atoms with E-state index in [4.69, 9.17) is 5.73 Å². The first-order valence-electron chi connectivity index (χ1n) is 6.31. The summed E-state index contributed by atoms with van der Waals surface area (Å²) in [5.41, 5.74) is 5.87. The number of rotatable bonds is 7. The normalized spacial score (nSPS) is 14.1. The van der Waals surface area contributed by atoms with E-state index in [1.807, 2.05) is 26.0 Å². The van der Waals surface area contributed by atoms with E-state index < -0.39 is 5.54 Å². The third-order valence-electron chi connectivity index (χ3n) is 3.16. The van der Waals surface area contributed by atoms with E-state index in [1.165, 1.54) is 0 Å². The molecule has 18 heavy (non-hydrogen) atoms. The molecule has 1 atom stereocenters. The van der Waals surface area contributed by atoms with Gasteiger partial charge in [0.25, 0.3) is 0 Å². The predicted octanol–water partition coefficient (Wildman–Crippen LogP) is 1.57. The molecule has 0 aromatic heterocycles. The van der Waals surface area contributed by atoms with Crippen molar-refractivity contribution in [2.45, 2.75) is 38.6 Å². The number of carbonyl (C=O) groups is 1. The molecule has 0 aliphatic rings. The number of amides is 1. The number of hydrogen-bond donors (Lipinski definition) is 3. The Hall–Kier alpha value is -1.55. The van der Waals surface area contributed by atoms with Gasteiger partial charge in [0.1, 0.15) is 5.75 Å². The van der Waals surface area contributed by atoms with Gasteiger partial charge in [0.05, 0.1) is 5.54 Å². The monoisotopic (exact) mass is 250 g/mol. The zero-order chi connectivity index (χ0) is 13.6. The Kier molecular flexibility index (Phi) is 5.16. The molecule has 4 N–H and O–H groups in total. The second-order valence-electron chi connectivity index (χ2n) is 4.79. The van der Waals surface area contributed by atoms with Gasteiger partial charge in [0.15, 0.2) is 0 Å². The molecule has 0 bridgehead atoms. The smallest absolute Gasteiger partial charge is 0.237 e. The van der Waals surface area contributed by atoms with Crippen LogP contribution in [0.1, 0.15) is 32.3 Å². The van der Waals surface area contributed by atoms with Gasteiger partial charge in [-0.15, -0.1) is 0 Å². The summed E-state index contributed by atoms with van der Waals surface area (Å²) in [6.45, 7) is 4.66. The third-order valence-corrected chi connectivity index (χ3v) is 3.16. The Bertz CT molecular complexity index is 389. The maximum Gasteiger partial charge on any atom is 0.237 e. The highest BCUT2D eigenvalue weighted by atomic mass is 16.3. The molecule has 1 amide bonds. The molecule has 0 radical (unpaired) electrons. The lowest BCUT2D eigenvalue weighted by atomic mass is 9.92. The highest BCUT2D eigenvalue weighted by Gasteiger charge is 2.29. The van der Waals surface area contributed by atoms with Gasteiger partial charge in [-0.3, -0.25) is 4.79 Å². The summed E-state index contributed by atoms with van der Waals surface area (Å²) in [7, 11) is 0. The number of carbonyl (C=O) groups excluding carboxylic acids is 1. The molecule has 0 aliphatic heterocycles. The number of benzene rings is 1. The molecule has 0 aliphatic carbocycles. The molecule has 0 saturated heterocycles. The van der Waals surface area contributed by atoms with Gasteiger partial charge < -0.3 is 16.2 Å². The van der Waals surface area contributed by atoms with Crippen molar-refractivity contribution in [2.24, 2.45) is 5.73 Å². The van der Waals surface area contributed by atoms with Crippen molar-refractivity contribution in [3.8, 4) is 5.75 Å². The van der Waals surface area contributed by atoms with Crippen molar-refractivity contribution in [3.63, 3.8) is 0 Å². The fourth-order valence-electron chi connectivity index (χ4n) is 1.76. The summed E-state index contributed by atoms with van der Waals surface area (Å²) >= 11 is 0. The number of aryl methyl sites for hydroxylation is 1. The lowest BCUT2D eigenvalue weighted by Crippen LogP contribution is -2.53. The molecule has 0 heterocycles.